The maximum Gasteiger partial charge on any atom is 0.347 e. The van der Waals surface area contributed by atoms with Gasteiger partial charge >= 0.3 is 5.97 Å². The van der Waals surface area contributed by atoms with Crippen LogP contribution in [0.4, 0.5) is 0 Å². The molecular formula is C16H18ClNO5S. The predicted molar refractivity (Wildman–Crippen MR) is 88.6 cm³/mol. The van der Waals surface area contributed by atoms with E-state index in [-0.39, 0.29) is 30.9 Å². The summed E-state index contributed by atoms with van der Waals surface area (Å²) in [5.41, 5.74) is 0.782. The number of hydrogen-bond acceptors (Lipinski definition) is 5. The van der Waals surface area contributed by atoms with Gasteiger partial charge in [-0.25, -0.2) is 4.79 Å². The second-order valence-electron chi connectivity index (χ2n) is 5.86. The molecule has 0 aliphatic carbocycles. The Kier molecular flexibility index (Phi) is 4.94. The number of fused-ring (bicyclic) bond motifs is 1. The lowest BCUT2D eigenvalue weighted by Crippen LogP contribution is -2.67. The fraction of sp³-hybridized carbons (Fsp3) is 0.500. The summed E-state index contributed by atoms with van der Waals surface area (Å²) in [7, 11) is -1.84. The van der Waals surface area contributed by atoms with Gasteiger partial charge in [0.05, 0.1) is 22.8 Å². The van der Waals surface area contributed by atoms with Crippen molar-refractivity contribution >= 4 is 34.3 Å². The van der Waals surface area contributed by atoms with Crippen molar-refractivity contribution in [3.05, 3.63) is 35.9 Å². The van der Waals surface area contributed by atoms with Gasteiger partial charge in [-0.1, -0.05) is 30.3 Å². The Morgan fingerprint density at radius 3 is 2.75 bits per heavy atom. The molecule has 2 saturated heterocycles. The van der Waals surface area contributed by atoms with Crippen molar-refractivity contribution in [3.8, 4) is 0 Å². The minimum Gasteiger partial charge on any atom is -0.458 e. The second-order valence-corrected chi connectivity index (χ2v) is 8.10. The maximum absolute atomic E-state index is 12.8. The molecule has 6 nitrogen and oxygen atoms in total. The van der Waals surface area contributed by atoms with Crippen LogP contribution in [0.5, 0.6) is 0 Å². The monoisotopic (exact) mass is 371 g/mol. The van der Waals surface area contributed by atoms with E-state index < -0.39 is 27.0 Å². The highest BCUT2D eigenvalue weighted by Crippen LogP contribution is 2.48. The zero-order valence-electron chi connectivity index (χ0n) is 12.9. The van der Waals surface area contributed by atoms with Gasteiger partial charge in [0.2, 0.25) is 10.8 Å². The predicted octanol–water partition coefficient (Wildman–Crippen LogP) is 0.779. The van der Waals surface area contributed by atoms with Crippen LogP contribution in [0.2, 0.25) is 0 Å². The molecule has 4 unspecified atom stereocenters. The molecule has 24 heavy (non-hydrogen) atoms. The van der Waals surface area contributed by atoms with Gasteiger partial charge in [-0.3, -0.25) is 9.00 Å². The van der Waals surface area contributed by atoms with Crippen molar-refractivity contribution in [2.75, 3.05) is 12.4 Å². The average Bonchev–Trinajstić information content (AvgIpc) is 2.81. The number of amides is 1. The van der Waals surface area contributed by atoms with Crippen LogP contribution in [0, 0.1) is 0 Å². The molecular weight excluding hydrogens is 354 g/mol. The Bertz CT molecular complexity index is 670. The van der Waals surface area contributed by atoms with E-state index in [4.69, 9.17) is 21.4 Å². The number of β-lactam (4-membered cyclic amide) rings is 1. The first-order chi connectivity index (χ1) is 11.5. The number of carbonyl (C=O) groups is 2. The van der Waals surface area contributed by atoms with Gasteiger partial charge in [-0.2, -0.15) is 0 Å². The molecule has 2 fully saturated rings. The Hall–Kier alpha value is -1.44. The minimum atomic E-state index is -1.84. The summed E-state index contributed by atoms with van der Waals surface area (Å²) in [5.74, 6) is -1.17. The van der Waals surface area contributed by atoms with Gasteiger partial charge in [0.15, 0.2) is 0 Å². The molecule has 1 amide bonds. The van der Waals surface area contributed by atoms with Gasteiger partial charge in [0.25, 0.3) is 0 Å². The van der Waals surface area contributed by atoms with Crippen LogP contribution in [0.25, 0.3) is 0 Å². The fourth-order valence-corrected chi connectivity index (χ4v) is 5.59. The quantitative estimate of drug-likeness (QED) is 0.454. The number of aliphatic hydroxyl groups is 1. The van der Waals surface area contributed by atoms with Gasteiger partial charge in [0.1, 0.15) is 6.61 Å². The molecule has 4 atom stereocenters. The standard InChI is InChI=1S/C16H18ClNO5S/c17-13-8-12-9-14(20)18(12)16(13,24(22)7-6-19)15(21)23-10-11-4-2-1-3-5-11/h1-5,12-13,19H,6-10H2. The highest BCUT2D eigenvalue weighted by Gasteiger charge is 2.68. The second kappa shape index (κ2) is 6.82. The zero-order valence-corrected chi connectivity index (χ0v) is 14.5. The Morgan fingerprint density at radius 1 is 1.42 bits per heavy atom. The molecule has 8 heteroatoms. The van der Waals surface area contributed by atoms with Crippen molar-refractivity contribution < 1.29 is 23.6 Å². The third kappa shape index (κ3) is 2.64. The van der Waals surface area contributed by atoms with Crippen molar-refractivity contribution in [3.63, 3.8) is 0 Å². The summed E-state index contributed by atoms with van der Waals surface area (Å²) < 4.78 is 18.1. The van der Waals surface area contributed by atoms with E-state index in [0.29, 0.717) is 12.8 Å². The van der Waals surface area contributed by atoms with Crippen molar-refractivity contribution in [2.45, 2.75) is 35.7 Å². The molecule has 0 aromatic heterocycles. The molecule has 2 heterocycles. The maximum atomic E-state index is 12.8. The average molecular weight is 372 g/mol. The van der Waals surface area contributed by atoms with E-state index in [9.17, 15) is 13.8 Å². The topological polar surface area (TPSA) is 83.9 Å². The molecule has 3 rings (SSSR count). The van der Waals surface area contributed by atoms with Gasteiger partial charge in [-0.15, -0.1) is 11.6 Å². The van der Waals surface area contributed by atoms with E-state index in [0.717, 1.165) is 5.56 Å². The molecule has 0 bridgehead atoms. The molecule has 1 aromatic rings. The molecule has 130 valence electrons. The summed E-state index contributed by atoms with van der Waals surface area (Å²) in [5, 5.41) is 8.33. The summed E-state index contributed by atoms with van der Waals surface area (Å²) in [4.78, 5) is 24.5. The number of esters is 1. The summed E-state index contributed by atoms with van der Waals surface area (Å²) in [6, 6.07) is 8.89. The summed E-state index contributed by atoms with van der Waals surface area (Å²) in [6.45, 7) is -0.356. The largest absolute Gasteiger partial charge is 0.458 e. The lowest BCUT2D eigenvalue weighted by molar-refractivity contribution is -0.164. The highest BCUT2D eigenvalue weighted by atomic mass is 35.5. The van der Waals surface area contributed by atoms with Crippen molar-refractivity contribution in [1.82, 2.24) is 4.90 Å². The third-order valence-electron chi connectivity index (χ3n) is 4.43. The SMILES string of the molecule is O=C1CC2CC(Cl)C(C(=O)OCc3ccccc3)(S(=O)CCO)N12. The molecule has 2 aliphatic rings. The first-order valence-electron chi connectivity index (χ1n) is 7.68. The van der Waals surface area contributed by atoms with Crippen LogP contribution in [-0.2, 0) is 31.7 Å². The first kappa shape index (κ1) is 17.4. The molecule has 0 spiro atoms. The number of halogens is 1. The van der Waals surface area contributed by atoms with E-state index in [1.807, 2.05) is 18.2 Å². The van der Waals surface area contributed by atoms with Crippen LogP contribution in [0.15, 0.2) is 30.3 Å². The zero-order chi connectivity index (χ0) is 17.3. The van der Waals surface area contributed by atoms with Gasteiger partial charge in [-0.05, 0) is 12.0 Å². The Balaban J connectivity index is 1.86. The van der Waals surface area contributed by atoms with Crippen LogP contribution < -0.4 is 0 Å². The smallest absolute Gasteiger partial charge is 0.347 e. The number of benzene rings is 1. The van der Waals surface area contributed by atoms with Crippen molar-refractivity contribution in [1.29, 1.82) is 0 Å². The van der Waals surface area contributed by atoms with Crippen molar-refractivity contribution in [2.24, 2.45) is 0 Å². The lowest BCUT2D eigenvalue weighted by atomic mass is 10.0. The Labute approximate surface area is 147 Å². The molecule has 1 aromatic carbocycles. The van der Waals surface area contributed by atoms with Crippen LogP contribution in [0.3, 0.4) is 0 Å². The number of ether oxygens (including phenoxy) is 1. The lowest BCUT2D eigenvalue weighted by Gasteiger charge is -2.44. The van der Waals surface area contributed by atoms with Crippen LogP contribution in [0.1, 0.15) is 18.4 Å². The van der Waals surface area contributed by atoms with E-state index in [1.54, 1.807) is 12.1 Å². The number of aliphatic hydroxyl groups excluding tert-OH is 1. The molecule has 1 N–H and O–H groups in total. The number of hydrogen-bond donors (Lipinski definition) is 1. The van der Waals surface area contributed by atoms with Crippen LogP contribution >= 0.6 is 11.6 Å². The molecule has 0 saturated carbocycles. The third-order valence-corrected chi connectivity index (χ3v) is 6.95. The van der Waals surface area contributed by atoms with E-state index in [1.165, 1.54) is 4.90 Å². The Morgan fingerprint density at radius 2 is 2.12 bits per heavy atom. The first-order valence-corrected chi connectivity index (χ1v) is 9.44. The van der Waals surface area contributed by atoms with Gasteiger partial charge < -0.3 is 14.7 Å². The highest BCUT2D eigenvalue weighted by molar-refractivity contribution is 7.87. The molecule has 0 radical (unpaired) electrons. The summed E-state index contributed by atoms with van der Waals surface area (Å²) >= 11 is 6.37. The molecule has 2 aliphatic heterocycles. The number of carbonyl (C=O) groups excluding carboxylic acids is 2. The van der Waals surface area contributed by atoms with E-state index in [2.05, 4.69) is 0 Å². The number of rotatable bonds is 6. The minimum absolute atomic E-state index is 0.00799. The van der Waals surface area contributed by atoms with E-state index >= 15 is 0 Å². The normalized spacial score (nSPS) is 29.8. The fourth-order valence-electron chi connectivity index (χ4n) is 3.31. The van der Waals surface area contributed by atoms with Gasteiger partial charge in [0, 0.05) is 18.2 Å². The summed E-state index contributed by atoms with van der Waals surface area (Å²) in [6.07, 6.45) is 0.693. The number of alkyl halides is 1. The number of nitrogens with zero attached hydrogens (tertiary/aromatic N) is 1. The van der Waals surface area contributed by atoms with Crippen LogP contribution in [-0.4, -0.2) is 54.7 Å².